The molecule has 340 valence electrons. The van der Waals surface area contributed by atoms with Crippen LogP contribution in [0.2, 0.25) is 0 Å². The number of nitrogens with one attached hydrogen (secondary N) is 4. The first-order chi connectivity index (χ1) is 30.6. The van der Waals surface area contributed by atoms with E-state index in [1.807, 2.05) is 17.3 Å². The van der Waals surface area contributed by atoms with Crippen LogP contribution >= 0.6 is 0 Å². The number of likely N-dealkylation sites (tertiary alicyclic amines) is 1. The molecule has 3 amide bonds. The number of carbonyl (C=O) groups excluding carboxylic acids is 3. The van der Waals surface area contributed by atoms with E-state index < -0.39 is 6.09 Å². The molecule has 7 rings (SSSR count). The highest BCUT2D eigenvalue weighted by atomic mass is 16.5. The molecule has 1 aliphatic heterocycles. The minimum Gasteiger partial charge on any atom is -0.453 e. The fourth-order valence-corrected chi connectivity index (χ4v) is 8.14. The lowest BCUT2D eigenvalue weighted by Crippen LogP contribution is -2.45. The van der Waals surface area contributed by atoms with Gasteiger partial charge in [-0.3, -0.25) is 9.59 Å². The summed E-state index contributed by atoms with van der Waals surface area (Å²) in [4.78, 5) is 56.4. The monoisotopic (exact) mass is 865 g/mol. The summed E-state index contributed by atoms with van der Waals surface area (Å²) < 4.78 is 13.1. The minimum atomic E-state index is -0.613. The van der Waals surface area contributed by atoms with Gasteiger partial charge in [-0.1, -0.05) is 88.7 Å². The Labute approximate surface area is 373 Å². The number of alkyl carbamates (subject to hydrolysis) is 1. The fourth-order valence-electron chi connectivity index (χ4n) is 8.14. The van der Waals surface area contributed by atoms with Crippen LogP contribution in [0.1, 0.15) is 83.9 Å². The Hall–Kier alpha value is -5.99. The van der Waals surface area contributed by atoms with Crippen molar-refractivity contribution in [2.75, 3.05) is 55.2 Å². The van der Waals surface area contributed by atoms with Crippen molar-refractivity contribution in [3.8, 4) is 33.6 Å². The van der Waals surface area contributed by atoms with Crippen LogP contribution in [-0.4, -0.2) is 109 Å². The molecule has 3 unspecified atom stereocenters. The van der Waals surface area contributed by atoms with E-state index in [1.54, 1.807) is 28.4 Å². The van der Waals surface area contributed by atoms with E-state index in [9.17, 15) is 14.4 Å². The second-order valence-electron chi connectivity index (χ2n) is 15.6. The molecule has 0 spiro atoms. The van der Waals surface area contributed by atoms with E-state index >= 15 is 0 Å². The van der Waals surface area contributed by atoms with Gasteiger partial charge in [0, 0.05) is 52.3 Å². The third-order valence-electron chi connectivity index (χ3n) is 10.7. The molecule has 3 heterocycles. The van der Waals surface area contributed by atoms with E-state index in [0.717, 1.165) is 107 Å². The van der Waals surface area contributed by atoms with Crippen LogP contribution in [0.5, 0.6) is 0 Å². The van der Waals surface area contributed by atoms with Crippen LogP contribution in [-0.2, 0) is 30.3 Å². The molecule has 3 atom stereocenters. The Balaban J connectivity index is 0.000000893. The van der Waals surface area contributed by atoms with Gasteiger partial charge >= 0.3 is 6.09 Å². The molecule has 2 aliphatic rings. The van der Waals surface area contributed by atoms with Crippen molar-refractivity contribution in [3.05, 3.63) is 96.5 Å². The van der Waals surface area contributed by atoms with Crippen LogP contribution < -0.4 is 10.6 Å². The number of methoxy groups -OCH3 is 3. The molecule has 1 aliphatic carbocycles. The Bertz CT molecular complexity index is 2190. The maximum absolute atomic E-state index is 13.2. The van der Waals surface area contributed by atoms with Gasteiger partial charge in [0.05, 0.1) is 50.0 Å². The van der Waals surface area contributed by atoms with E-state index in [1.165, 1.54) is 13.5 Å². The number of aromatic nitrogens is 4. The second-order valence-corrected chi connectivity index (χ2v) is 15.6. The number of nitrogens with zero attached hydrogens (tertiary/aromatic N) is 4. The van der Waals surface area contributed by atoms with Gasteiger partial charge < -0.3 is 44.6 Å². The summed E-state index contributed by atoms with van der Waals surface area (Å²) in [6.45, 7) is 10.4. The summed E-state index contributed by atoms with van der Waals surface area (Å²) in [5.74, 6) is 1.89. The number of imidazole rings is 2. The zero-order chi connectivity index (χ0) is 45.7. The van der Waals surface area contributed by atoms with Crippen LogP contribution in [0.3, 0.4) is 0 Å². The van der Waals surface area contributed by atoms with Gasteiger partial charge in [0.25, 0.3) is 0 Å². The lowest BCUT2D eigenvalue weighted by atomic mass is 9.97. The third kappa shape index (κ3) is 13.5. The summed E-state index contributed by atoms with van der Waals surface area (Å²) in [7, 11) is 7.79. The van der Waals surface area contributed by atoms with Crippen LogP contribution in [0.15, 0.2) is 84.8 Å². The number of amides is 3. The topological polar surface area (TPSA) is 167 Å². The Morgan fingerprint density at radius 1 is 0.810 bits per heavy atom. The number of benzene rings is 3. The first-order valence-electron chi connectivity index (χ1n) is 21.9. The summed E-state index contributed by atoms with van der Waals surface area (Å²) in [5.41, 5.74) is 7.29. The van der Waals surface area contributed by atoms with Crippen molar-refractivity contribution in [2.45, 2.75) is 84.8 Å². The first kappa shape index (κ1) is 49.7. The largest absolute Gasteiger partial charge is 0.453 e. The quantitative estimate of drug-likeness (QED) is 0.0752. The molecule has 1 saturated carbocycles. The number of fused-ring (bicyclic) bond motifs is 3. The summed E-state index contributed by atoms with van der Waals surface area (Å²) in [6, 6.07) is 21.5. The summed E-state index contributed by atoms with van der Waals surface area (Å²) >= 11 is 0. The fraction of sp³-hybridized carbons (Fsp3) is 0.449. The number of aromatic amines is 2. The molecule has 63 heavy (non-hydrogen) atoms. The average molecular weight is 865 g/mol. The molecule has 0 radical (unpaired) electrons. The molecule has 4 N–H and O–H groups in total. The molecule has 2 fully saturated rings. The number of hydrogen-bond acceptors (Lipinski definition) is 9. The highest BCUT2D eigenvalue weighted by Gasteiger charge is 2.49. The summed E-state index contributed by atoms with van der Waals surface area (Å²) in [5, 5.41) is 7.63. The molecule has 3 aromatic carbocycles. The standard InChI is InChI=1S/C42H48N8O4.C3H8.2C2H6O/c1-4-6-35(21-43-26-51)49(17-5-2)25-38-44-22-37(47-38)32-14-13-30-18-29(11-12-31(30)19-32)27-7-9-28(10-8-27)36-23-45-41(48-36)40-33-15-16-34(20-33)50(40)39(52)24-46-42(53)54-3;3*1-3-2/h6-14,18-19,22-23,26,33-34,40H,4-5,15-17,20-21,24-25H2,1-3H3,(H,43,51)(H,44,47)(H,45,48)(H,46,53);3H2,1-2H3;2*1-2H3/b35-6+;;;. The molecule has 2 aromatic heterocycles. The Morgan fingerprint density at radius 3 is 2.05 bits per heavy atom. The molecule has 5 aromatic rings. The maximum atomic E-state index is 13.2. The molecule has 14 nitrogen and oxygen atoms in total. The molecular weight excluding hydrogens is 797 g/mol. The van der Waals surface area contributed by atoms with Gasteiger partial charge in [-0.2, -0.15) is 0 Å². The van der Waals surface area contributed by atoms with Crippen LogP contribution in [0.25, 0.3) is 44.4 Å². The number of ether oxygens (including phenoxy) is 3. The average Bonchev–Trinajstić information content (AvgIpc) is 4.13. The highest BCUT2D eigenvalue weighted by Crippen LogP contribution is 2.49. The predicted octanol–water partition coefficient (Wildman–Crippen LogP) is 8.89. The van der Waals surface area contributed by atoms with Crippen LogP contribution in [0.4, 0.5) is 4.79 Å². The molecule has 14 heteroatoms. The van der Waals surface area contributed by atoms with Gasteiger partial charge in [0.2, 0.25) is 12.3 Å². The smallest absolute Gasteiger partial charge is 0.407 e. The SMILES string of the molecule is CC/C=C(\CNC=O)N(CCC)Cc1ncc(-c2ccc3cc(-c4ccc(-c5cnc(C6C7CCC(C7)N6C(=O)CNC(=O)OC)[nH]5)cc4)ccc3c2)[nH]1.CCC.COC.COC. The zero-order valence-corrected chi connectivity index (χ0v) is 38.6. The van der Waals surface area contributed by atoms with E-state index in [2.05, 4.69) is 134 Å². The van der Waals surface area contributed by atoms with Crippen molar-refractivity contribution >= 4 is 29.2 Å². The second kappa shape index (κ2) is 25.8. The van der Waals surface area contributed by atoms with Crippen molar-refractivity contribution in [3.63, 3.8) is 0 Å². The number of allylic oxidation sites excluding steroid dienone is 1. The highest BCUT2D eigenvalue weighted by molar-refractivity contribution is 5.90. The lowest BCUT2D eigenvalue weighted by Gasteiger charge is -2.34. The van der Waals surface area contributed by atoms with E-state index in [0.29, 0.717) is 19.0 Å². The summed E-state index contributed by atoms with van der Waals surface area (Å²) in [6.07, 6.45) is 12.1. The number of hydrogen-bond donors (Lipinski definition) is 4. The van der Waals surface area contributed by atoms with Gasteiger partial charge in [-0.05, 0) is 77.6 Å². The van der Waals surface area contributed by atoms with Crippen molar-refractivity contribution < 1.29 is 28.6 Å². The number of carbonyl (C=O) groups is 3. The van der Waals surface area contributed by atoms with Crippen molar-refractivity contribution in [1.29, 1.82) is 0 Å². The number of H-pyrrole nitrogens is 2. The number of piperidine rings is 1. The predicted molar refractivity (Wildman–Crippen MR) is 251 cm³/mol. The van der Waals surface area contributed by atoms with Crippen LogP contribution in [0, 0.1) is 5.92 Å². The lowest BCUT2D eigenvalue weighted by molar-refractivity contribution is -0.134. The van der Waals surface area contributed by atoms with Gasteiger partial charge in [-0.25, -0.2) is 14.8 Å². The number of rotatable bonds is 15. The third-order valence-corrected chi connectivity index (χ3v) is 10.7. The Morgan fingerprint density at radius 2 is 1.41 bits per heavy atom. The van der Waals surface area contributed by atoms with Crippen molar-refractivity contribution in [2.24, 2.45) is 5.92 Å². The normalized spacial score (nSPS) is 16.2. The molecule has 1 saturated heterocycles. The minimum absolute atomic E-state index is 0.0945. The van der Waals surface area contributed by atoms with Crippen molar-refractivity contribution in [1.82, 2.24) is 40.4 Å². The van der Waals surface area contributed by atoms with E-state index in [4.69, 9.17) is 9.97 Å². The Kier molecular flexibility index (Phi) is 20.4. The molecular formula is C49H68N8O6. The zero-order valence-electron chi connectivity index (χ0n) is 38.6. The van der Waals surface area contributed by atoms with Gasteiger partial charge in [-0.15, -0.1) is 0 Å². The maximum Gasteiger partial charge on any atom is 0.407 e. The van der Waals surface area contributed by atoms with E-state index in [-0.39, 0.29) is 24.5 Å². The van der Waals surface area contributed by atoms with Gasteiger partial charge in [0.15, 0.2) is 0 Å². The molecule has 2 bridgehead atoms. The van der Waals surface area contributed by atoms with Gasteiger partial charge in [0.1, 0.15) is 18.2 Å². The first-order valence-corrected chi connectivity index (χ1v) is 21.9.